The maximum Gasteiger partial charge on any atom is 0.224 e. The maximum absolute atomic E-state index is 12.4. The molecule has 0 saturated heterocycles. The average molecular weight is 323 g/mol. The fraction of sp³-hybridized carbons (Fsp3) is 0.263. The van der Waals surface area contributed by atoms with E-state index in [1.54, 1.807) is 13.3 Å². The van der Waals surface area contributed by atoms with E-state index in [9.17, 15) is 4.79 Å². The fourth-order valence-electron chi connectivity index (χ4n) is 2.88. The van der Waals surface area contributed by atoms with Gasteiger partial charge in [0.1, 0.15) is 11.4 Å². The Morgan fingerprint density at radius 2 is 2.04 bits per heavy atom. The van der Waals surface area contributed by atoms with Crippen LogP contribution in [-0.4, -0.2) is 22.6 Å². The highest BCUT2D eigenvalue weighted by Gasteiger charge is 2.14. The molecular formula is C19H21N3O2. The van der Waals surface area contributed by atoms with Crippen molar-refractivity contribution in [1.29, 1.82) is 0 Å². The molecule has 0 bridgehead atoms. The van der Waals surface area contributed by atoms with Crippen LogP contribution in [0.15, 0.2) is 48.8 Å². The van der Waals surface area contributed by atoms with Gasteiger partial charge in [-0.05, 0) is 42.3 Å². The van der Waals surface area contributed by atoms with Crippen molar-refractivity contribution in [2.45, 2.75) is 19.4 Å². The number of hydrogen-bond donors (Lipinski definition) is 1. The molecule has 0 aliphatic carbocycles. The van der Waals surface area contributed by atoms with Crippen LogP contribution in [0.3, 0.4) is 0 Å². The molecule has 1 amide bonds. The van der Waals surface area contributed by atoms with E-state index >= 15 is 0 Å². The molecule has 1 N–H and O–H groups in total. The number of amides is 1. The first-order chi connectivity index (χ1) is 11.6. The van der Waals surface area contributed by atoms with Gasteiger partial charge in [-0.1, -0.05) is 12.1 Å². The van der Waals surface area contributed by atoms with Crippen molar-refractivity contribution >= 4 is 16.9 Å². The Kier molecular flexibility index (Phi) is 4.51. The van der Waals surface area contributed by atoms with Crippen molar-refractivity contribution in [3.05, 3.63) is 59.9 Å². The second-order valence-electron chi connectivity index (χ2n) is 5.88. The number of ether oxygens (including phenoxy) is 1. The number of carbonyl (C=O) groups excluding carboxylic acids is 1. The molecule has 1 atom stereocenters. The van der Waals surface area contributed by atoms with Crippen LogP contribution in [0.4, 0.5) is 0 Å². The van der Waals surface area contributed by atoms with Crippen LogP contribution in [0.25, 0.3) is 11.0 Å². The highest BCUT2D eigenvalue weighted by atomic mass is 16.5. The predicted octanol–water partition coefficient (Wildman–Crippen LogP) is 3.00. The molecule has 0 unspecified atom stereocenters. The molecule has 0 spiro atoms. The number of nitrogens with zero attached hydrogens (tertiary/aromatic N) is 2. The Morgan fingerprint density at radius 3 is 2.75 bits per heavy atom. The Labute approximate surface area is 141 Å². The zero-order chi connectivity index (χ0) is 17.1. The van der Waals surface area contributed by atoms with Gasteiger partial charge in [0.05, 0.1) is 19.6 Å². The van der Waals surface area contributed by atoms with Gasteiger partial charge in [-0.25, -0.2) is 4.98 Å². The van der Waals surface area contributed by atoms with Crippen LogP contribution in [0.5, 0.6) is 5.75 Å². The van der Waals surface area contributed by atoms with Gasteiger partial charge in [-0.3, -0.25) is 4.79 Å². The number of rotatable bonds is 5. The van der Waals surface area contributed by atoms with Gasteiger partial charge in [0.2, 0.25) is 5.91 Å². The fourth-order valence-corrected chi connectivity index (χ4v) is 2.88. The van der Waals surface area contributed by atoms with Gasteiger partial charge in [0, 0.05) is 24.8 Å². The van der Waals surface area contributed by atoms with E-state index in [4.69, 9.17) is 4.74 Å². The minimum absolute atomic E-state index is 0.00493. The highest BCUT2D eigenvalue weighted by molar-refractivity contribution is 5.87. The number of hydrogen-bond acceptors (Lipinski definition) is 3. The van der Waals surface area contributed by atoms with E-state index in [1.165, 1.54) is 0 Å². The summed E-state index contributed by atoms with van der Waals surface area (Å²) in [5.41, 5.74) is 2.92. The number of benzene rings is 1. The first-order valence-electron chi connectivity index (χ1n) is 7.90. The number of aryl methyl sites for hydroxylation is 1. The third kappa shape index (κ3) is 3.25. The predicted molar refractivity (Wildman–Crippen MR) is 94.0 cm³/mol. The first kappa shape index (κ1) is 16.1. The van der Waals surface area contributed by atoms with Crippen molar-refractivity contribution < 1.29 is 9.53 Å². The van der Waals surface area contributed by atoms with Gasteiger partial charge >= 0.3 is 0 Å². The zero-order valence-corrected chi connectivity index (χ0v) is 14.1. The van der Waals surface area contributed by atoms with Gasteiger partial charge in [0.25, 0.3) is 0 Å². The van der Waals surface area contributed by atoms with Crippen molar-refractivity contribution in [2.75, 3.05) is 7.11 Å². The Morgan fingerprint density at radius 1 is 1.29 bits per heavy atom. The van der Waals surface area contributed by atoms with Gasteiger partial charge in [0.15, 0.2) is 0 Å². The smallest absolute Gasteiger partial charge is 0.224 e. The monoisotopic (exact) mass is 323 g/mol. The third-order valence-electron chi connectivity index (χ3n) is 4.16. The largest absolute Gasteiger partial charge is 0.497 e. The SMILES string of the molecule is COc1ccc([C@@H](C)NC(=O)Cc2cn(C)c3ncccc23)cc1. The lowest BCUT2D eigenvalue weighted by molar-refractivity contribution is -0.121. The van der Waals surface area contributed by atoms with E-state index in [1.807, 2.05) is 61.1 Å². The van der Waals surface area contributed by atoms with E-state index in [0.29, 0.717) is 6.42 Å². The van der Waals surface area contributed by atoms with Crippen molar-refractivity contribution in [3.63, 3.8) is 0 Å². The topological polar surface area (TPSA) is 56.1 Å². The van der Waals surface area contributed by atoms with Crippen LogP contribution >= 0.6 is 0 Å². The number of fused-ring (bicyclic) bond motifs is 1. The average Bonchev–Trinajstić information content (AvgIpc) is 2.91. The molecule has 3 rings (SSSR count). The molecule has 24 heavy (non-hydrogen) atoms. The van der Waals surface area contributed by atoms with Crippen LogP contribution in [-0.2, 0) is 18.3 Å². The molecule has 124 valence electrons. The summed E-state index contributed by atoms with van der Waals surface area (Å²) in [7, 11) is 3.58. The van der Waals surface area contributed by atoms with Crippen LogP contribution < -0.4 is 10.1 Å². The highest BCUT2D eigenvalue weighted by Crippen LogP contribution is 2.20. The van der Waals surface area contributed by atoms with Gasteiger partial charge in [-0.2, -0.15) is 0 Å². The number of aromatic nitrogens is 2. The summed E-state index contributed by atoms with van der Waals surface area (Å²) in [6, 6.07) is 11.6. The van der Waals surface area contributed by atoms with Crippen molar-refractivity contribution in [3.8, 4) is 5.75 Å². The number of carbonyl (C=O) groups is 1. The Balaban J connectivity index is 1.70. The molecule has 2 aromatic heterocycles. The lowest BCUT2D eigenvalue weighted by Crippen LogP contribution is -2.28. The normalized spacial score (nSPS) is 12.1. The minimum atomic E-state index is -0.0588. The van der Waals surface area contributed by atoms with E-state index in [0.717, 1.165) is 27.9 Å². The maximum atomic E-state index is 12.4. The summed E-state index contributed by atoms with van der Waals surface area (Å²) >= 11 is 0. The first-order valence-corrected chi connectivity index (χ1v) is 7.90. The molecule has 0 saturated carbocycles. The second-order valence-corrected chi connectivity index (χ2v) is 5.88. The zero-order valence-electron chi connectivity index (χ0n) is 14.1. The number of pyridine rings is 1. The second kappa shape index (κ2) is 6.74. The standard InChI is InChI=1S/C19H21N3O2/c1-13(14-6-8-16(24-3)9-7-14)21-18(23)11-15-12-22(2)19-17(15)5-4-10-20-19/h4-10,12-13H,11H2,1-3H3,(H,21,23)/t13-/m1/s1. The Bertz CT molecular complexity index is 853. The van der Waals surface area contributed by atoms with E-state index in [-0.39, 0.29) is 11.9 Å². The molecule has 3 aromatic rings. The molecule has 1 aromatic carbocycles. The molecule has 0 aliphatic heterocycles. The van der Waals surface area contributed by atoms with Crippen LogP contribution in [0, 0.1) is 0 Å². The number of methoxy groups -OCH3 is 1. The summed E-state index contributed by atoms with van der Waals surface area (Å²) < 4.78 is 7.11. The quantitative estimate of drug-likeness (QED) is 0.785. The summed E-state index contributed by atoms with van der Waals surface area (Å²) in [6.07, 6.45) is 4.07. The summed E-state index contributed by atoms with van der Waals surface area (Å²) in [6.45, 7) is 1.98. The lowest BCUT2D eigenvalue weighted by atomic mass is 10.1. The molecule has 2 heterocycles. The lowest BCUT2D eigenvalue weighted by Gasteiger charge is -2.14. The molecule has 5 nitrogen and oxygen atoms in total. The summed E-state index contributed by atoms with van der Waals surface area (Å²) in [5.74, 6) is 0.801. The summed E-state index contributed by atoms with van der Waals surface area (Å²) in [5, 5.41) is 4.07. The van der Waals surface area contributed by atoms with E-state index < -0.39 is 0 Å². The minimum Gasteiger partial charge on any atom is -0.497 e. The van der Waals surface area contributed by atoms with Crippen molar-refractivity contribution in [1.82, 2.24) is 14.9 Å². The van der Waals surface area contributed by atoms with Crippen LogP contribution in [0.2, 0.25) is 0 Å². The third-order valence-corrected chi connectivity index (χ3v) is 4.16. The Hall–Kier alpha value is -2.82. The molecule has 0 radical (unpaired) electrons. The van der Waals surface area contributed by atoms with Gasteiger partial charge < -0.3 is 14.6 Å². The summed E-state index contributed by atoms with van der Waals surface area (Å²) in [4.78, 5) is 16.8. The van der Waals surface area contributed by atoms with Gasteiger partial charge in [-0.15, -0.1) is 0 Å². The molecule has 0 fully saturated rings. The molecule has 0 aliphatic rings. The number of nitrogens with one attached hydrogen (secondary N) is 1. The van der Waals surface area contributed by atoms with E-state index in [2.05, 4.69) is 10.3 Å². The van der Waals surface area contributed by atoms with Crippen molar-refractivity contribution in [2.24, 2.45) is 7.05 Å². The van der Waals surface area contributed by atoms with Crippen LogP contribution in [0.1, 0.15) is 24.1 Å². The molecular weight excluding hydrogens is 302 g/mol. The molecule has 5 heteroatoms.